The van der Waals surface area contributed by atoms with Crippen LogP contribution in [0.3, 0.4) is 0 Å². The van der Waals surface area contributed by atoms with Gasteiger partial charge in [-0.15, -0.1) is 0 Å². The van der Waals surface area contributed by atoms with Gasteiger partial charge in [0.15, 0.2) is 0 Å². The largest absolute Gasteiger partial charge is 0.497 e. The van der Waals surface area contributed by atoms with Gasteiger partial charge in [0.05, 0.1) is 7.11 Å². The van der Waals surface area contributed by atoms with Gasteiger partial charge in [-0.1, -0.05) is 36.4 Å². The highest BCUT2D eigenvalue weighted by molar-refractivity contribution is 6.09. The first-order valence-corrected chi connectivity index (χ1v) is 9.86. The van der Waals surface area contributed by atoms with Crippen molar-refractivity contribution < 1.29 is 23.9 Å². The molecule has 1 fully saturated rings. The molecule has 8 nitrogen and oxygen atoms in total. The Morgan fingerprint density at radius 1 is 0.906 bits per heavy atom. The van der Waals surface area contributed by atoms with E-state index in [1.807, 2.05) is 18.2 Å². The summed E-state index contributed by atoms with van der Waals surface area (Å²) < 4.78 is 10.9. The molecule has 1 aliphatic rings. The Labute approximate surface area is 184 Å². The van der Waals surface area contributed by atoms with Gasteiger partial charge in [0, 0.05) is 5.56 Å². The Hall–Kier alpha value is -4.33. The molecule has 3 aromatic carbocycles. The normalized spacial score (nSPS) is 17.6. The van der Waals surface area contributed by atoms with Crippen LogP contribution < -0.4 is 20.2 Å². The van der Waals surface area contributed by atoms with E-state index in [1.165, 1.54) is 13.2 Å². The molecule has 3 aromatic rings. The number of nitrogens with one attached hydrogen (secondary N) is 2. The highest BCUT2D eigenvalue weighted by Gasteiger charge is 2.50. The van der Waals surface area contributed by atoms with Crippen LogP contribution in [0.1, 0.15) is 22.8 Å². The van der Waals surface area contributed by atoms with Crippen molar-refractivity contribution in [1.82, 2.24) is 15.8 Å². The third-order valence-electron chi connectivity index (χ3n) is 5.15. The molecule has 0 saturated carbocycles. The summed E-state index contributed by atoms with van der Waals surface area (Å²) in [6, 6.07) is 21.6. The van der Waals surface area contributed by atoms with Crippen LogP contribution in [0.2, 0.25) is 0 Å². The summed E-state index contributed by atoms with van der Waals surface area (Å²) in [6.45, 7) is 1.58. The highest BCUT2D eigenvalue weighted by atomic mass is 16.5. The van der Waals surface area contributed by atoms with E-state index < -0.39 is 23.4 Å². The van der Waals surface area contributed by atoms with E-state index in [1.54, 1.807) is 61.5 Å². The van der Waals surface area contributed by atoms with Crippen LogP contribution in [0.25, 0.3) is 0 Å². The van der Waals surface area contributed by atoms with Crippen molar-refractivity contribution in [3.05, 3.63) is 90.0 Å². The van der Waals surface area contributed by atoms with Gasteiger partial charge >= 0.3 is 6.03 Å². The van der Waals surface area contributed by atoms with Gasteiger partial charge in [-0.3, -0.25) is 15.0 Å². The lowest BCUT2D eigenvalue weighted by Gasteiger charge is -2.22. The molecule has 1 atom stereocenters. The van der Waals surface area contributed by atoms with Gasteiger partial charge in [0.25, 0.3) is 11.8 Å². The first kappa shape index (κ1) is 20.9. The average Bonchev–Trinajstić information content (AvgIpc) is 3.03. The summed E-state index contributed by atoms with van der Waals surface area (Å²) in [7, 11) is 1.54. The number of hydrogen-bond acceptors (Lipinski definition) is 5. The summed E-state index contributed by atoms with van der Waals surface area (Å²) in [5, 5.41) is 3.33. The van der Waals surface area contributed by atoms with Gasteiger partial charge in [-0.25, -0.2) is 4.79 Å². The van der Waals surface area contributed by atoms with E-state index in [9.17, 15) is 14.4 Å². The number of urea groups is 1. The molecule has 1 saturated heterocycles. The summed E-state index contributed by atoms with van der Waals surface area (Å²) in [5.74, 6) is 0.471. The van der Waals surface area contributed by atoms with Crippen LogP contribution >= 0.6 is 0 Å². The minimum absolute atomic E-state index is 0.233. The molecule has 32 heavy (non-hydrogen) atoms. The Morgan fingerprint density at radius 2 is 1.59 bits per heavy atom. The zero-order valence-electron chi connectivity index (χ0n) is 17.5. The number of hydrogen-bond donors (Lipinski definition) is 2. The van der Waals surface area contributed by atoms with Crippen LogP contribution in [0.4, 0.5) is 4.79 Å². The quantitative estimate of drug-likeness (QED) is 0.582. The van der Waals surface area contributed by atoms with E-state index in [0.717, 1.165) is 0 Å². The fourth-order valence-electron chi connectivity index (χ4n) is 3.35. The molecule has 0 spiro atoms. The van der Waals surface area contributed by atoms with E-state index in [2.05, 4.69) is 10.7 Å². The second-order valence-corrected chi connectivity index (χ2v) is 7.31. The molecular weight excluding hydrogens is 410 g/mol. The molecule has 0 radical (unpaired) electrons. The number of nitrogens with zero attached hydrogens (tertiary/aromatic N) is 1. The molecule has 4 rings (SSSR count). The van der Waals surface area contributed by atoms with Crippen molar-refractivity contribution in [2.75, 3.05) is 7.11 Å². The number of amides is 4. The minimum atomic E-state index is -1.32. The Bertz CT molecular complexity index is 1160. The lowest BCUT2D eigenvalue weighted by Crippen LogP contribution is -2.47. The lowest BCUT2D eigenvalue weighted by molar-refractivity contribution is -0.132. The standard InChI is InChI=1S/C24H21N3O5/c1-24(17-11-13-18(31-2)14-12-17)22(29)27(23(30)25-24)26-21(28)16-7-6-10-20(15-16)32-19-8-4-3-5-9-19/h3-15H,1-2H3,(H,25,30)(H,26,28)/t24-/m0/s1. The Morgan fingerprint density at radius 3 is 2.28 bits per heavy atom. The third-order valence-corrected chi connectivity index (χ3v) is 5.15. The average molecular weight is 431 g/mol. The van der Waals surface area contributed by atoms with Gasteiger partial charge in [0.2, 0.25) is 0 Å². The zero-order chi connectivity index (χ0) is 22.7. The monoisotopic (exact) mass is 431 g/mol. The maximum absolute atomic E-state index is 13.0. The van der Waals surface area contributed by atoms with Gasteiger partial charge in [-0.05, 0) is 55.0 Å². The molecule has 0 aliphatic carbocycles. The number of carbonyl (C=O) groups is 3. The van der Waals surface area contributed by atoms with E-state index in [0.29, 0.717) is 27.8 Å². The summed E-state index contributed by atoms with van der Waals surface area (Å²) in [5.41, 5.74) is 1.86. The van der Waals surface area contributed by atoms with Crippen molar-refractivity contribution in [3.8, 4) is 17.2 Å². The fraction of sp³-hybridized carbons (Fsp3) is 0.125. The third kappa shape index (κ3) is 3.98. The first-order chi connectivity index (χ1) is 15.4. The molecule has 4 amide bonds. The van der Waals surface area contributed by atoms with Crippen molar-refractivity contribution in [2.45, 2.75) is 12.5 Å². The number of carbonyl (C=O) groups excluding carboxylic acids is 3. The van der Waals surface area contributed by atoms with Gasteiger partial charge < -0.3 is 14.8 Å². The lowest BCUT2D eigenvalue weighted by atomic mass is 9.92. The van der Waals surface area contributed by atoms with Gasteiger partial charge in [-0.2, -0.15) is 5.01 Å². The highest BCUT2D eigenvalue weighted by Crippen LogP contribution is 2.29. The molecule has 162 valence electrons. The van der Waals surface area contributed by atoms with Crippen LogP contribution in [-0.2, 0) is 10.3 Å². The predicted octanol–water partition coefficient (Wildman–Crippen LogP) is 3.60. The first-order valence-electron chi connectivity index (χ1n) is 9.86. The summed E-state index contributed by atoms with van der Waals surface area (Å²) >= 11 is 0. The van der Waals surface area contributed by atoms with E-state index in [4.69, 9.17) is 9.47 Å². The topological polar surface area (TPSA) is 97.0 Å². The molecule has 1 heterocycles. The van der Waals surface area contributed by atoms with Crippen LogP contribution in [0.15, 0.2) is 78.9 Å². The van der Waals surface area contributed by atoms with Crippen LogP contribution in [-0.4, -0.2) is 30.0 Å². The molecule has 0 bridgehead atoms. The summed E-state index contributed by atoms with van der Waals surface area (Å²) in [6.07, 6.45) is 0. The second-order valence-electron chi connectivity index (χ2n) is 7.31. The maximum atomic E-state index is 13.0. The fourth-order valence-corrected chi connectivity index (χ4v) is 3.35. The molecule has 1 aliphatic heterocycles. The number of benzene rings is 3. The van der Waals surface area contributed by atoms with Crippen molar-refractivity contribution in [2.24, 2.45) is 0 Å². The maximum Gasteiger partial charge on any atom is 0.344 e. The Balaban J connectivity index is 1.50. The van der Waals surface area contributed by atoms with E-state index in [-0.39, 0.29) is 5.56 Å². The van der Waals surface area contributed by atoms with Crippen LogP contribution in [0, 0.1) is 0 Å². The number of hydrazine groups is 1. The van der Waals surface area contributed by atoms with Crippen molar-refractivity contribution in [3.63, 3.8) is 0 Å². The smallest absolute Gasteiger partial charge is 0.344 e. The number of rotatable bonds is 6. The summed E-state index contributed by atoms with van der Waals surface area (Å²) in [4.78, 5) is 38.3. The number of imide groups is 1. The Kier molecular flexibility index (Phi) is 5.51. The number of ether oxygens (including phenoxy) is 2. The molecule has 0 unspecified atom stereocenters. The molecule has 2 N–H and O–H groups in total. The van der Waals surface area contributed by atoms with Crippen molar-refractivity contribution in [1.29, 1.82) is 0 Å². The number of para-hydroxylation sites is 1. The zero-order valence-corrected chi connectivity index (χ0v) is 17.5. The molecule has 8 heteroatoms. The van der Waals surface area contributed by atoms with Crippen molar-refractivity contribution >= 4 is 17.8 Å². The predicted molar refractivity (Wildman–Crippen MR) is 116 cm³/mol. The van der Waals surface area contributed by atoms with Gasteiger partial charge in [0.1, 0.15) is 22.8 Å². The second kappa shape index (κ2) is 8.43. The van der Waals surface area contributed by atoms with E-state index >= 15 is 0 Å². The molecule has 0 aromatic heterocycles. The number of methoxy groups -OCH3 is 1. The SMILES string of the molecule is COc1ccc([C@]2(C)NC(=O)N(NC(=O)c3cccc(Oc4ccccc4)c3)C2=O)cc1. The minimum Gasteiger partial charge on any atom is -0.497 e. The molecular formula is C24H21N3O5. The van der Waals surface area contributed by atoms with Crippen LogP contribution in [0.5, 0.6) is 17.2 Å².